The monoisotopic (exact) mass is 472 g/mol. The summed E-state index contributed by atoms with van der Waals surface area (Å²) in [5.74, 6) is -1.47. The summed E-state index contributed by atoms with van der Waals surface area (Å²) in [6, 6.07) is 21.3. The molecule has 0 radical (unpaired) electrons. The number of amides is 2. The fourth-order valence-electron chi connectivity index (χ4n) is 4.44. The summed E-state index contributed by atoms with van der Waals surface area (Å²) in [7, 11) is 0. The van der Waals surface area contributed by atoms with Crippen LogP contribution in [0.25, 0.3) is 11.1 Å². The third-order valence-corrected chi connectivity index (χ3v) is 6.04. The van der Waals surface area contributed by atoms with Gasteiger partial charge >= 0.3 is 12.1 Å². The first-order valence-electron chi connectivity index (χ1n) is 11.6. The smallest absolute Gasteiger partial charge is 0.407 e. The van der Waals surface area contributed by atoms with E-state index < -0.39 is 24.0 Å². The van der Waals surface area contributed by atoms with Gasteiger partial charge in [0.05, 0.1) is 5.56 Å². The van der Waals surface area contributed by atoms with Crippen molar-refractivity contribution in [3.8, 4) is 11.1 Å². The minimum absolute atomic E-state index is 0.0627. The van der Waals surface area contributed by atoms with E-state index in [0.717, 1.165) is 22.3 Å². The van der Waals surface area contributed by atoms with E-state index in [1.54, 1.807) is 12.1 Å². The van der Waals surface area contributed by atoms with Crippen molar-refractivity contribution >= 4 is 23.7 Å². The van der Waals surface area contributed by atoms with E-state index in [1.165, 1.54) is 12.1 Å². The number of aromatic carboxylic acids is 1. The Morgan fingerprint density at radius 2 is 1.54 bits per heavy atom. The highest BCUT2D eigenvalue weighted by atomic mass is 16.5. The van der Waals surface area contributed by atoms with E-state index in [-0.39, 0.29) is 24.0 Å². The molecule has 7 nitrogen and oxygen atoms in total. The summed E-state index contributed by atoms with van der Waals surface area (Å²) in [5.41, 5.74) is 4.90. The molecule has 3 aromatic rings. The zero-order valence-corrected chi connectivity index (χ0v) is 19.7. The van der Waals surface area contributed by atoms with Crippen LogP contribution >= 0.6 is 0 Å². The molecule has 0 fully saturated rings. The first kappa shape index (κ1) is 24.0. The molecule has 2 amide bonds. The van der Waals surface area contributed by atoms with E-state index >= 15 is 0 Å². The maximum absolute atomic E-state index is 12.9. The van der Waals surface area contributed by atoms with Crippen LogP contribution < -0.4 is 10.6 Å². The lowest BCUT2D eigenvalue weighted by atomic mass is 9.98. The van der Waals surface area contributed by atoms with E-state index in [9.17, 15) is 19.5 Å². The minimum atomic E-state index is -1.09. The summed E-state index contributed by atoms with van der Waals surface area (Å²) in [5, 5.41) is 14.6. The van der Waals surface area contributed by atoms with Gasteiger partial charge in [-0.1, -0.05) is 68.4 Å². The van der Waals surface area contributed by atoms with E-state index in [1.807, 2.05) is 50.2 Å². The van der Waals surface area contributed by atoms with Gasteiger partial charge in [-0.15, -0.1) is 0 Å². The molecule has 0 heterocycles. The van der Waals surface area contributed by atoms with Crippen LogP contribution in [0.2, 0.25) is 0 Å². The number of hydrogen-bond acceptors (Lipinski definition) is 4. The van der Waals surface area contributed by atoms with Crippen molar-refractivity contribution in [1.29, 1.82) is 0 Å². The summed E-state index contributed by atoms with van der Waals surface area (Å²) in [6.45, 7) is 4.05. The normalized spacial score (nSPS) is 13.0. The predicted octanol–water partition coefficient (Wildman–Crippen LogP) is 5.28. The van der Waals surface area contributed by atoms with Crippen LogP contribution in [-0.2, 0) is 9.53 Å². The topological polar surface area (TPSA) is 105 Å². The molecule has 1 aliphatic rings. The Labute approximate surface area is 204 Å². The van der Waals surface area contributed by atoms with E-state index in [4.69, 9.17) is 4.74 Å². The predicted molar refractivity (Wildman–Crippen MR) is 133 cm³/mol. The van der Waals surface area contributed by atoms with Gasteiger partial charge in [0, 0.05) is 11.6 Å². The van der Waals surface area contributed by atoms with Crippen molar-refractivity contribution in [1.82, 2.24) is 5.32 Å². The molecule has 3 aromatic carbocycles. The summed E-state index contributed by atoms with van der Waals surface area (Å²) in [6.07, 6.45) is -0.277. The molecule has 0 aromatic heterocycles. The van der Waals surface area contributed by atoms with Gasteiger partial charge in [0.1, 0.15) is 12.6 Å². The van der Waals surface area contributed by atoms with Gasteiger partial charge < -0.3 is 20.5 Å². The zero-order valence-electron chi connectivity index (χ0n) is 19.7. The standard InChI is InChI=1S/C28H28N2O5/c1-17(2)14-25(26(31)29-19-9-7-8-18(15-19)27(32)33)30-28(34)35-16-24-22-12-5-3-10-20(22)21-11-4-6-13-23(21)24/h3-13,15,17,24-25H,14,16H2,1-2H3,(H,29,31)(H,30,34)(H,32,33)/t25-/m1/s1. The molecule has 4 rings (SSSR count). The molecule has 0 saturated heterocycles. The van der Waals surface area contributed by atoms with Crippen LogP contribution in [-0.4, -0.2) is 35.7 Å². The van der Waals surface area contributed by atoms with Crippen LogP contribution in [0.1, 0.15) is 47.7 Å². The van der Waals surface area contributed by atoms with Crippen molar-refractivity contribution in [2.45, 2.75) is 32.2 Å². The van der Waals surface area contributed by atoms with E-state index in [2.05, 4.69) is 22.8 Å². The number of carboxylic acid groups (broad SMARTS) is 1. The van der Waals surface area contributed by atoms with Crippen molar-refractivity contribution < 1.29 is 24.2 Å². The van der Waals surface area contributed by atoms with Crippen molar-refractivity contribution in [2.75, 3.05) is 11.9 Å². The highest BCUT2D eigenvalue weighted by Gasteiger charge is 2.30. The number of alkyl carbamates (subject to hydrolysis) is 1. The Kier molecular flexibility index (Phi) is 7.15. The molecular formula is C28H28N2O5. The maximum atomic E-state index is 12.9. The number of carbonyl (C=O) groups is 3. The average molecular weight is 473 g/mol. The Morgan fingerprint density at radius 3 is 2.14 bits per heavy atom. The zero-order chi connectivity index (χ0) is 24.9. The number of benzene rings is 3. The first-order chi connectivity index (χ1) is 16.8. The molecule has 3 N–H and O–H groups in total. The van der Waals surface area contributed by atoms with Crippen molar-refractivity contribution in [3.63, 3.8) is 0 Å². The molecule has 0 aliphatic heterocycles. The van der Waals surface area contributed by atoms with Crippen LogP contribution in [0.4, 0.5) is 10.5 Å². The number of hydrogen-bond donors (Lipinski definition) is 3. The van der Waals surface area contributed by atoms with Gasteiger partial charge in [-0.25, -0.2) is 9.59 Å². The second-order valence-corrected chi connectivity index (χ2v) is 9.03. The highest BCUT2D eigenvalue weighted by molar-refractivity contribution is 5.98. The summed E-state index contributed by atoms with van der Waals surface area (Å²) in [4.78, 5) is 36.9. The quantitative estimate of drug-likeness (QED) is 0.414. The number of carboxylic acids is 1. The Morgan fingerprint density at radius 1 is 0.914 bits per heavy atom. The number of ether oxygens (including phenoxy) is 1. The fraction of sp³-hybridized carbons (Fsp3) is 0.250. The third-order valence-electron chi connectivity index (χ3n) is 6.04. The fourth-order valence-corrected chi connectivity index (χ4v) is 4.44. The Hall–Kier alpha value is -4.13. The lowest BCUT2D eigenvalue weighted by Gasteiger charge is -2.21. The second kappa shape index (κ2) is 10.4. The molecule has 0 spiro atoms. The SMILES string of the molecule is CC(C)C[C@@H](NC(=O)OCC1c2ccccc2-c2ccccc21)C(=O)Nc1cccc(C(=O)O)c1. The molecule has 0 saturated carbocycles. The lowest BCUT2D eigenvalue weighted by molar-refractivity contribution is -0.118. The lowest BCUT2D eigenvalue weighted by Crippen LogP contribution is -2.45. The molecule has 0 unspecified atom stereocenters. The van der Waals surface area contributed by atoms with Crippen molar-refractivity contribution in [3.05, 3.63) is 89.5 Å². The highest BCUT2D eigenvalue weighted by Crippen LogP contribution is 2.44. The van der Waals surface area contributed by atoms with Crippen molar-refractivity contribution in [2.24, 2.45) is 5.92 Å². The molecular weight excluding hydrogens is 444 g/mol. The van der Waals surface area contributed by atoms with Crippen LogP contribution in [0, 0.1) is 5.92 Å². The van der Waals surface area contributed by atoms with Gasteiger partial charge in [-0.05, 0) is 52.8 Å². The average Bonchev–Trinajstić information content (AvgIpc) is 3.16. The molecule has 1 aliphatic carbocycles. The number of carbonyl (C=O) groups excluding carboxylic acids is 2. The minimum Gasteiger partial charge on any atom is -0.478 e. The first-order valence-corrected chi connectivity index (χ1v) is 11.6. The van der Waals surface area contributed by atoms with Crippen LogP contribution in [0.15, 0.2) is 72.8 Å². The molecule has 180 valence electrons. The second-order valence-electron chi connectivity index (χ2n) is 9.03. The molecule has 1 atom stereocenters. The van der Waals surface area contributed by atoms with Gasteiger partial charge in [0.15, 0.2) is 0 Å². The number of fused-ring (bicyclic) bond motifs is 3. The van der Waals surface area contributed by atoms with Gasteiger partial charge in [-0.3, -0.25) is 4.79 Å². The van der Waals surface area contributed by atoms with Gasteiger partial charge in [0.25, 0.3) is 0 Å². The Bertz CT molecular complexity index is 1210. The maximum Gasteiger partial charge on any atom is 0.407 e. The third kappa shape index (κ3) is 5.51. The molecule has 0 bridgehead atoms. The summed E-state index contributed by atoms with van der Waals surface area (Å²) >= 11 is 0. The largest absolute Gasteiger partial charge is 0.478 e. The molecule has 7 heteroatoms. The molecule has 35 heavy (non-hydrogen) atoms. The Balaban J connectivity index is 1.42. The van der Waals surface area contributed by atoms with Gasteiger partial charge in [-0.2, -0.15) is 0 Å². The van der Waals surface area contributed by atoms with Gasteiger partial charge in [0.2, 0.25) is 5.91 Å². The van der Waals surface area contributed by atoms with E-state index in [0.29, 0.717) is 12.1 Å². The van der Waals surface area contributed by atoms with Crippen LogP contribution in [0.3, 0.4) is 0 Å². The number of anilines is 1. The summed E-state index contributed by atoms with van der Waals surface area (Å²) < 4.78 is 5.59. The number of rotatable bonds is 8. The number of nitrogens with one attached hydrogen (secondary N) is 2. The van der Waals surface area contributed by atoms with Crippen LogP contribution in [0.5, 0.6) is 0 Å².